The highest BCUT2D eigenvalue weighted by atomic mass is 16.5. The third kappa shape index (κ3) is 3.90. The summed E-state index contributed by atoms with van der Waals surface area (Å²) in [4.78, 5) is 24.0. The van der Waals surface area contributed by atoms with Crippen LogP contribution in [0.25, 0.3) is 0 Å². The Bertz CT molecular complexity index is 780. The van der Waals surface area contributed by atoms with Crippen molar-refractivity contribution in [3.8, 4) is 5.75 Å². The van der Waals surface area contributed by atoms with E-state index < -0.39 is 0 Å². The summed E-state index contributed by atoms with van der Waals surface area (Å²) in [6, 6.07) is 13.6. The molecule has 1 aliphatic rings. The van der Waals surface area contributed by atoms with E-state index in [1.807, 2.05) is 31.2 Å². The summed E-state index contributed by atoms with van der Waals surface area (Å²) in [6.07, 6.45) is 2.21. The van der Waals surface area contributed by atoms with Gasteiger partial charge in [-0.15, -0.1) is 0 Å². The third-order valence-electron chi connectivity index (χ3n) is 4.66. The van der Waals surface area contributed by atoms with Gasteiger partial charge < -0.3 is 10.1 Å². The highest BCUT2D eigenvalue weighted by molar-refractivity contribution is 6.01. The van der Waals surface area contributed by atoms with Gasteiger partial charge in [0.25, 0.3) is 5.91 Å². The summed E-state index contributed by atoms with van der Waals surface area (Å²) in [7, 11) is 0. The Hall–Kier alpha value is -2.62. The van der Waals surface area contributed by atoms with E-state index in [1.54, 1.807) is 6.07 Å². The van der Waals surface area contributed by atoms with Gasteiger partial charge in [-0.3, -0.25) is 9.59 Å². The van der Waals surface area contributed by atoms with E-state index in [9.17, 15) is 9.59 Å². The maximum absolute atomic E-state index is 12.2. The third-order valence-corrected chi connectivity index (χ3v) is 4.66. The van der Waals surface area contributed by atoms with Crippen molar-refractivity contribution < 1.29 is 14.3 Å². The first-order valence-corrected chi connectivity index (χ1v) is 8.74. The maximum Gasteiger partial charge on any atom is 0.258 e. The first kappa shape index (κ1) is 17.2. The largest absolute Gasteiger partial charge is 0.483 e. The van der Waals surface area contributed by atoms with E-state index in [-0.39, 0.29) is 24.3 Å². The molecule has 2 aromatic carbocycles. The van der Waals surface area contributed by atoms with Gasteiger partial charge in [-0.05, 0) is 37.0 Å². The predicted molar refractivity (Wildman–Crippen MR) is 97.0 cm³/mol. The van der Waals surface area contributed by atoms with Crippen molar-refractivity contribution in [1.82, 2.24) is 5.32 Å². The highest BCUT2D eigenvalue weighted by Crippen LogP contribution is 2.30. The standard InChI is InChI=1S/C21H23NO3/c1-3-15-7-9-16(10-8-15)14(2)22-21(24)13-25-20-6-4-5-17-18(20)11-12-19(17)23/h4-10,14H,3,11-13H2,1-2H3,(H,22,24). The van der Waals surface area contributed by atoms with Gasteiger partial charge in [-0.2, -0.15) is 0 Å². The van der Waals surface area contributed by atoms with Crippen molar-refractivity contribution in [3.05, 3.63) is 64.7 Å². The highest BCUT2D eigenvalue weighted by Gasteiger charge is 2.23. The summed E-state index contributed by atoms with van der Waals surface area (Å²) in [5.41, 5.74) is 3.99. The molecule has 3 rings (SSSR count). The van der Waals surface area contributed by atoms with Crippen LogP contribution in [0, 0.1) is 0 Å². The van der Waals surface area contributed by atoms with Gasteiger partial charge >= 0.3 is 0 Å². The smallest absolute Gasteiger partial charge is 0.258 e. The molecule has 0 saturated carbocycles. The SMILES string of the molecule is CCc1ccc(C(C)NC(=O)COc2cccc3c2CCC3=O)cc1. The van der Waals surface area contributed by atoms with Crippen LogP contribution in [0.5, 0.6) is 5.75 Å². The molecule has 0 spiro atoms. The number of nitrogens with one attached hydrogen (secondary N) is 1. The maximum atomic E-state index is 12.2. The number of ether oxygens (including phenoxy) is 1. The minimum Gasteiger partial charge on any atom is -0.483 e. The monoisotopic (exact) mass is 337 g/mol. The van der Waals surface area contributed by atoms with E-state index in [2.05, 4.69) is 24.4 Å². The number of amides is 1. The molecule has 130 valence electrons. The lowest BCUT2D eigenvalue weighted by Crippen LogP contribution is -2.31. The van der Waals surface area contributed by atoms with Crippen LogP contribution in [0.3, 0.4) is 0 Å². The average molecular weight is 337 g/mol. The molecule has 1 amide bonds. The minimum absolute atomic E-state index is 0.0535. The number of rotatable bonds is 6. The number of benzene rings is 2. The quantitative estimate of drug-likeness (QED) is 0.876. The van der Waals surface area contributed by atoms with E-state index in [0.29, 0.717) is 18.6 Å². The van der Waals surface area contributed by atoms with Crippen molar-refractivity contribution in [2.24, 2.45) is 0 Å². The molecule has 0 bridgehead atoms. The Morgan fingerprint density at radius 1 is 1.16 bits per heavy atom. The lowest BCUT2D eigenvalue weighted by molar-refractivity contribution is -0.123. The lowest BCUT2D eigenvalue weighted by atomic mass is 10.1. The van der Waals surface area contributed by atoms with Gasteiger partial charge in [0.1, 0.15) is 5.75 Å². The predicted octanol–water partition coefficient (Wildman–Crippen LogP) is 3.63. The number of hydrogen-bond donors (Lipinski definition) is 1. The fraction of sp³-hybridized carbons (Fsp3) is 0.333. The van der Waals surface area contributed by atoms with Crippen LogP contribution in [0.15, 0.2) is 42.5 Å². The first-order chi connectivity index (χ1) is 12.1. The molecule has 1 N–H and O–H groups in total. The zero-order valence-corrected chi connectivity index (χ0v) is 14.7. The summed E-state index contributed by atoms with van der Waals surface area (Å²) < 4.78 is 5.67. The van der Waals surface area contributed by atoms with Crippen molar-refractivity contribution in [2.45, 2.75) is 39.2 Å². The van der Waals surface area contributed by atoms with Crippen LogP contribution in [0.2, 0.25) is 0 Å². The second kappa shape index (κ2) is 7.51. The van der Waals surface area contributed by atoms with Crippen molar-refractivity contribution in [3.63, 3.8) is 0 Å². The Kier molecular flexibility index (Phi) is 5.17. The fourth-order valence-electron chi connectivity index (χ4n) is 3.14. The van der Waals surface area contributed by atoms with E-state index in [0.717, 1.165) is 23.1 Å². The van der Waals surface area contributed by atoms with E-state index >= 15 is 0 Å². The molecule has 0 heterocycles. The summed E-state index contributed by atoms with van der Waals surface area (Å²) in [5, 5.41) is 2.95. The van der Waals surface area contributed by atoms with Crippen LogP contribution in [0.4, 0.5) is 0 Å². The Labute approximate surface area is 148 Å². The molecule has 25 heavy (non-hydrogen) atoms. The molecule has 0 fully saturated rings. The van der Waals surface area contributed by atoms with Crippen LogP contribution >= 0.6 is 0 Å². The van der Waals surface area contributed by atoms with Gasteiger partial charge in [0, 0.05) is 17.5 Å². The molecule has 0 radical (unpaired) electrons. The number of hydrogen-bond acceptors (Lipinski definition) is 3. The van der Waals surface area contributed by atoms with Crippen molar-refractivity contribution in [1.29, 1.82) is 0 Å². The van der Waals surface area contributed by atoms with Gasteiger partial charge in [-0.25, -0.2) is 0 Å². The Morgan fingerprint density at radius 3 is 2.64 bits per heavy atom. The molecule has 0 aliphatic heterocycles. The molecule has 2 aromatic rings. The van der Waals surface area contributed by atoms with E-state index in [4.69, 9.17) is 4.74 Å². The van der Waals surface area contributed by atoms with E-state index in [1.165, 1.54) is 5.56 Å². The zero-order chi connectivity index (χ0) is 17.8. The summed E-state index contributed by atoms with van der Waals surface area (Å²) >= 11 is 0. The van der Waals surface area contributed by atoms with Gasteiger partial charge in [0.2, 0.25) is 0 Å². The van der Waals surface area contributed by atoms with Crippen molar-refractivity contribution in [2.75, 3.05) is 6.61 Å². The number of carbonyl (C=O) groups excluding carboxylic acids is 2. The van der Waals surface area contributed by atoms with Crippen LogP contribution in [0.1, 0.15) is 53.4 Å². The molecule has 1 unspecified atom stereocenters. The number of ketones is 1. The number of Topliss-reactive ketones (excluding diaryl/α,β-unsaturated/α-hetero) is 1. The molecule has 4 heteroatoms. The van der Waals surface area contributed by atoms with Crippen molar-refractivity contribution >= 4 is 11.7 Å². The molecule has 4 nitrogen and oxygen atoms in total. The Morgan fingerprint density at radius 2 is 1.92 bits per heavy atom. The second-order valence-corrected chi connectivity index (χ2v) is 6.38. The lowest BCUT2D eigenvalue weighted by Gasteiger charge is -2.16. The molecule has 0 saturated heterocycles. The van der Waals surface area contributed by atoms with Crippen LogP contribution in [-0.4, -0.2) is 18.3 Å². The zero-order valence-electron chi connectivity index (χ0n) is 14.7. The minimum atomic E-state index is -0.172. The first-order valence-electron chi connectivity index (χ1n) is 8.74. The van der Waals surface area contributed by atoms with Gasteiger partial charge in [0.15, 0.2) is 12.4 Å². The van der Waals surface area contributed by atoms with Gasteiger partial charge in [0.05, 0.1) is 6.04 Å². The topological polar surface area (TPSA) is 55.4 Å². The normalized spacial score (nSPS) is 14.1. The fourth-order valence-corrected chi connectivity index (χ4v) is 3.14. The molecule has 1 aliphatic carbocycles. The average Bonchev–Trinajstić information content (AvgIpc) is 3.02. The number of carbonyl (C=O) groups is 2. The molecular formula is C21H23NO3. The number of aryl methyl sites for hydroxylation is 1. The Balaban J connectivity index is 1.57. The molecule has 0 aromatic heterocycles. The van der Waals surface area contributed by atoms with Crippen LogP contribution < -0.4 is 10.1 Å². The van der Waals surface area contributed by atoms with Crippen LogP contribution in [-0.2, 0) is 17.6 Å². The van der Waals surface area contributed by atoms with Gasteiger partial charge in [-0.1, -0.05) is 43.3 Å². The summed E-state index contributed by atoms with van der Waals surface area (Å²) in [6.45, 7) is 4.02. The molecule has 1 atom stereocenters. The second-order valence-electron chi connectivity index (χ2n) is 6.38. The number of fused-ring (bicyclic) bond motifs is 1. The molecular weight excluding hydrogens is 314 g/mol. The summed E-state index contributed by atoms with van der Waals surface area (Å²) in [5.74, 6) is 0.612.